The maximum atomic E-state index is 11.4. The van der Waals surface area contributed by atoms with Gasteiger partial charge >= 0.3 is 5.97 Å². The zero-order chi connectivity index (χ0) is 13.8. The predicted molar refractivity (Wildman–Crippen MR) is 72.9 cm³/mol. The van der Waals surface area contributed by atoms with Crippen molar-refractivity contribution in [3.05, 3.63) is 34.9 Å². The maximum absolute atomic E-state index is 11.4. The molecular weight excluding hydrogens is 314 g/mol. The molecule has 1 atom stereocenters. The molecule has 1 aromatic carbocycles. The SMILES string of the molecule is COC(=O)C(OC)Oc1ccc2ncc(Br)cc2c1. The number of halogens is 1. The van der Waals surface area contributed by atoms with Crippen LogP contribution in [0.15, 0.2) is 34.9 Å². The van der Waals surface area contributed by atoms with Crippen molar-refractivity contribution < 1.29 is 19.0 Å². The molecule has 0 bridgehead atoms. The summed E-state index contributed by atoms with van der Waals surface area (Å²) in [6.07, 6.45) is 0.637. The van der Waals surface area contributed by atoms with Crippen LogP contribution < -0.4 is 4.74 Å². The number of fused-ring (bicyclic) bond motifs is 1. The normalized spacial score (nSPS) is 12.2. The van der Waals surface area contributed by atoms with Gasteiger partial charge in [-0.25, -0.2) is 4.79 Å². The quantitative estimate of drug-likeness (QED) is 0.638. The summed E-state index contributed by atoms with van der Waals surface area (Å²) in [5, 5.41) is 0.895. The minimum Gasteiger partial charge on any atom is -0.464 e. The first-order valence-corrected chi connectivity index (χ1v) is 6.26. The predicted octanol–water partition coefficient (Wildman–Crippen LogP) is 2.52. The number of esters is 1. The number of ether oxygens (including phenoxy) is 3. The highest BCUT2D eigenvalue weighted by molar-refractivity contribution is 9.10. The highest BCUT2D eigenvalue weighted by atomic mass is 79.9. The lowest BCUT2D eigenvalue weighted by Crippen LogP contribution is -2.30. The Morgan fingerprint density at radius 1 is 1.32 bits per heavy atom. The fourth-order valence-electron chi connectivity index (χ4n) is 1.57. The molecular formula is C13H12BrNO4. The van der Waals surface area contributed by atoms with Gasteiger partial charge in [0.1, 0.15) is 5.75 Å². The third-order valence-electron chi connectivity index (χ3n) is 2.47. The lowest BCUT2D eigenvalue weighted by Gasteiger charge is -2.15. The maximum Gasteiger partial charge on any atom is 0.376 e. The summed E-state index contributed by atoms with van der Waals surface area (Å²) in [6, 6.07) is 7.22. The van der Waals surface area contributed by atoms with Crippen molar-refractivity contribution in [1.82, 2.24) is 4.98 Å². The molecule has 1 unspecified atom stereocenters. The second kappa shape index (κ2) is 5.99. The number of hydrogen-bond acceptors (Lipinski definition) is 5. The molecule has 2 aromatic rings. The number of carbonyl (C=O) groups is 1. The molecule has 100 valence electrons. The lowest BCUT2D eigenvalue weighted by molar-refractivity contribution is -0.170. The van der Waals surface area contributed by atoms with Gasteiger partial charge in [0.2, 0.25) is 0 Å². The van der Waals surface area contributed by atoms with Gasteiger partial charge in [0, 0.05) is 23.2 Å². The number of aromatic nitrogens is 1. The van der Waals surface area contributed by atoms with Gasteiger partial charge in [-0.1, -0.05) is 0 Å². The average Bonchev–Trinajstić information content (AvgIpc) is 2.43. The van der Waals surface area contributed by atoms with Crippen LogP contribution in [0.5, 0.6) is 5.75 Å². The lowest BCUT2D eigenvalue weighted by atomic mass is 10.2. The van der Waals surface area contributed by atoms with Crippen molar-refractivity contribution in [2.75, 3.05) is 14.2 Å². The molecule has 0 fully saturated rings. The minimum absolute atomic E-state index is 0.504. The number of carbonyl (C=O) groups excluding carboxylic acids is 1. The largest absolute Gasteiger partial charge is 0.464 e. The molecule has 5 nitrogen and oxygen atoms in total. The first kappa shape index (κ1) is 13.8. The molecule has 2 rings (SSSR count). The van der Waals surface area contributed by atoms with Crippen molar-refractivity contribution in [1.29, 1.82) is 0 Å². The van der Waals surface area contributed by atoms with E-state index < -0.39 is 12.3 Å². The highest BCUT2D eigenvalue weighted by Crippen LogP contribution is 2.23. The molecule has 0 radical (unpaired) electrons. The van der Waals surface area contributed by atoms with Crippen LogP contribution in [-0.2, 0) is 14.3 Å². The van der Waals surface area contributed by atoms with E-state index in [9.17, 15) is 4.79 Å². The Bertz CT molecular complexity index is 602. The second-order valence-electron chi connectivity index (χ2n) is 3.72. The second-order valence-corrected chi connectivity index (χ2v) is 4.63. The van der Waals surface area contributed by atoms with E-state index >= 15 is 0 Å². The number of pyridine rings is 1. The van der Waals surface area contributed by atoms with Gasteiger partial charge in [0.05, 0.1) is 12.6 Å². The van der Waals surface area contributed by atoms with Gasteiger partial charge in [-0.15, -0.1) is 0 Å². The molecule has 0 aliphatic rings. The zero-order valence-corrected chi connectivity index (χ0v) is 12.0. The van der Waals surface area contributed by atoms with E-state index in [0.29, 0.717) is 5.75 Å². The summed E-state index contributed by atoms with van der Waals surface area (Å²) < 4.78 is 15.8. The van der Waals surface area contributed by atoms with E-state index in [1.807, 2.05) is 6.07 Å². The van der Waals surface area contributed by atoms with E-state index in [4.69, 9.17) is 9.47 Å². The Morgan fingerprint density at radius 3 is 2.79 bits per heavy atom. The van der Waals surface area contributed by atoms with Crippen molar-refractivity contribution in [2.45, 2.75) is 6.29 Å². The number of methoxy groups -OCH3 is 2. The summed E-state index contributed by atoms with van der Waals surface area (Å²) in [5.41, 5.74) is 0.836. The van der Waals surface area contributed by atoms with Crippen molar-refractivity contribution in [3.63, 3.8) is 0 Å². The van der Waals surface area contributed by atoms with Crippen LogP contribution >= 0.6 is 15.9 Å². The minimum atomic E-state index is -1.08. The third-order valence-corrected chi connectivity index (χ3v) is 2.90. The van der Waals surface area contributed by atoms with E-state index in [1.54, 1.807) is 24.4 Å². The molecule has 0 saturated heterocycles. The Kier molecular flexibility index (Phi) is 4.34. The first-order chi connectivity index (χ1) is 9.13. The van der Waals surface area contributed by atoms with E-state index in [-0.39, 0.29) is 0 Å². The molecule has 0 N–H and O–H groups in total. The molecule has 0 aliphatic carbocycles. The Balaban J connectivity index is 2.27. The van der Waals surface area contributed by atoms with Gasteiger partial charge in [-0.2, -0.15) is 0 Å². The Morgan fingerprint density at radius 2 is 2.11 bits per heavy atom. The van der Waals surface area contributed by atoms with Gasteiger partial charge in [0.15, 0.2) is 0 Å². The van der Waals surface area contributed by atoms with Crippen molar-refractivity contribution in [3.8, 4) is 5.75 Å². The standard InChI is InChI=1S/C13H12BrNO4/c1-17-12(16)13(18-2)19-10-3-4-11-8(6-10)5-9(14)7-15-11/h3-7,13H,1-2H3. The van der Waals surface area contributed by atoms with Crippen LogP contribution in [0.25, 0.3) is 10.9 Å². The highest BCUT2D eigenvalue weighted by Gasteiger charge is 2.20. The first-order valence-electron chi connectivity index (χ1n) is 5.46. The molecule has 0 spiro atoms. The number of nitrogens with zero attached hydrogens (tertiary/aromatic N) is 1. The molecule has 0 aliphatic heterocycles. The monoisotopic (exact) mass is 325 g/mol. The van der Waals surface area contributed by atoms with E-state index in [1.165, 1.54) is 14.2 Å². The summed E-state index contributed by atoms with van der Waals surface area (Å²) in [5.74, 6) is -0.0837. The summed E-state index contributed by atoms with van der Waals surface area (Å²) in [6.45, 7) is 0. The number of rotatable bonds is 4. The Hall–Kier alpha value is -1.66. The van der Waals surface area contributed by atoms with Crippen LogP contribution in [0.2, 0.25) is 0 Å². The summed E-state index contributed by atoms with van der Waals surface area (Å²) in [4.78, 5) is 15.6. The van der Waals surface area contributed by atoms with Gasteiger partial charge in [-0.3, -0.25) is 4.98 Å². The molecule has 6 heteroatoms. The molecule has 19 heavy (non-hydrogen) atoms. The Labute approximate surface area is 118 Å². The van der Waals surface area contributed by atoms with Gasteiger partial charge in [-0.05, 0) is 40.2 Å². The van der Waals surface area contributed by atoms with E-state index in [0.717, 1.165) is 15.4 Å². The van der Waals surface area contributed by atoms with Crippen LogP contribution in [0.1, 0.15) is 0 Å². The average molecular weight is 326 g/mol. The molecule has 1 heterocycles. The molecule has 1 aromatic heterocycles. The smallest absolute Gasteiger partial charge is 0.376 e. The van der Waals surface area contributed by atoms with Crippen molar-refractivity contribution in [2.24, 2.45) is 0 Å². The third kappa shape index (κ3) is 3.21. The van der Waals surface area contributed by atoms with Gasteiger partial charge in [0.25, 0.3) is 6.29 Å². The van der Waals surface area contributed by atoms with Crippen LogP contribution in [0.4, 0.5) is 0 Å². The van der Waals surface area contributed by atoms with Crippen LogP contribution in [0.3, 0.4) is 0 Å². The van der Waals surface area contributed by atoms with Crippen molar-refractivity contribution >= 4 is 32.8 Å². The summed E-state index contributed by atoms with van der Waals surface area (Å²) in [7, 11) is 2.65. The molecule has 0 saturated carbocycles. The molecule has 0 amide bonds. The topological polar surface area (TPSA) is 57.7 Å². The van der Waals surface area contributed by atoms with Gasteiger partial charge < -0.3 is 14.2 Å². The van der Waals surface area contributed by atoms with E-state index in [2.05, 4.69) is 25.7 Å². The fraction of sp³-hybridized carbons (Fsp3) is 0.231. The fourth-order valence-corrected chi connectivity index (χ4v) is 1.92. The zero-order valence-electron chi connectivity index (χ0n) is 10.4. The van der Waals surface area contributed by atoms with Crippen LogP contribution in [0, 0.1) is 0 Å². The number of benzene rings is 1. The summed E-state index contributed by atoms with van der Waals surface area (Å²) >= 11 is 3.35. The van der Waals surface area contributed by atoms with Crippen LogP contribution in [-0.4, -0.2) is 31.5 Å². The number of hydrogen-bond donors (Lipinski definition) is 0.